The number of amides is 2. The third-order valence-corrected chi connectivity index (χ3v) is 6.00. The third-order valence-electron chi connectivity index (χ3n) is 6.00. The molecule has 0 unspecified atom stereocenters. The van der Waals surface area contributed by atoms with Crippen LogP contribution in [0.1, 0.15) is 55.5 Å². The van der Waals surface area contributed by atoms with Crippen LogP contribution in [0, 0.1) is 5.92 Å². The number of ether oxygens (including phenoxy) is 2. The maximum absolute atomic E-state index is 12.6. The molecule has 0 spiro atoms. The van der Waals surface area contributed by atoms with Crippen LogP contribution in [0.2, 0.25) is 0 Å². The topological polar surface area (TPSA) is 76.7 Å². The molecule has 166 valence electrons. The van der Waals surface area contributed by atoms with E-state index in [-0.39, 0.29) is 23.1 Å². The molecule has 0 bridgehead atoms. The first-order valence-corrected chi connectivity index (χ1v) is 10.8. The largest absolute Gasteiger partial charge is 0.493 e. The Morgan fingerprint density at radius 3 is 2.23 bits per heavy atom. The molecule has 3 rings (SSSR count). The van der Waals surface area contributed by atoms with E-state index in [4.69, 9.17) is 9.47 Å². The number of carbonyl (C=O) groups is 2. The molecule has 0 aliphatic heterocycles. The van der Waals surface area contributed by atoms with Crippen LogP contribution in [0.5, 0.6) is 11.5 Å². The van der Waals surface area contributed by atoms with Gasteiger partial charge < -0.3 is 20.1 Å². The van der Waals surface area contributed by atoms with Gasteiger partial charge in [-0.1, -0.05) is 38.8 Å². The molecule has 0 saturated heterocycles. The summed E-state index contributed by atoms with van der Waals surface area (Å²) in [6.07, 6.45) is 4.30. The molecule has 1 aliphatic rings. The van der Waals surface area contributed by atoms with Gasteiger partial charge in [0.2, 0.25) is 5.91 Å². The van der Waals surface area contributed by atoms with E-state index in [1.807, 2.05) is 24.3 Å². The fourth-order valence-corrected chi connectivity index (χ4v) is 3.93. The minimum Gasteiger partial charge on any atom is -0.493 e. The molecule has 1 saturated carbocycles. The van der Waals surface area contributed by atoms with Gasteiger partial charge in [-0.25, -0.2) is 0 Å². The van der Waals surface area contributed by atoms with Gasteiger partial charge in [-0.2, -0.15) is 0 Å². The van der Waals surface area contributed by atoms with Crippen LogP contribution >= 0.6 is 0 Å². The van der Waals surface area contributed by atoms with Gasteiger partial charge in [-0.3, -0.25) is 9.59 Å². The first-order chi connectivity index (χ1) is 14.8. The standard InChI is InChI=1S/C25H32N2O4/c1-25(2,16-26-23(28)17-7-5-6-8-17)19-10-12-20(13-11-19)27-24(29)18-9-14-21(30-3)22(15-18)31-4/h9-15,17H,5-8,16H2,1-4H3,(H,26,28)(H,27,29). The van der Waals surface area contributed by atoms with E-state index in [0.29, 0.717) is 29.3 Å². The van der Waals surface area contributed by atoms with Crippen molar-refractivity contribution in [1.29, 1.82) is 0 Å². The van der Waals surface area contributed by atoms with E-state index in [2.05, 4.69) is 24.5 Å². The molecule has 6 heteroatoms. The Labute approximate surface area is 184 Å². The SMILES string of the molecule is COc1ccc(C(=O)Nc2ccc(C(C)(C)CNC(=O)C3CCCC3)cc2)cc1OC. The summed E-state index contributed by atoms with van der Waals surface area (Å²) >= 11 is 0. The summed E-state index contributed by atoms with van der Waals surface area (Å²) in [4.78, 5) is 25.0. The van der Waals surface area contributed by atoms with Crippen molar-refractivity contribution in [3.8, 4) is 11.5 Å². The lowest BCUT2D eigenvalue weighted by Gasteiger charge is -2.26. The van der Waals surface area contributed by atoms with Gasteiger partial charge >= 0.3 is 0 Å². The summed E-state index contributed by atoms with van der Waals surface area (Å²) in [5.74, 6) is 1.20. The third kappa shape index (κ3) is 5.57. The van der Waals surface area contributed by atoms with E-state index in [1.54, 1.807) is 25.3 Å². The highest BCUT2D eigenvalue weighted by Crippen LogP contribution is 2.29. The lowest BCUT2D eigenvalue weighted by atomic mass is 9.84. The molecular weight excluding hydrogens is 392 g/mol. The highest BCUT2D eigenvalue weighted by atomic mass is 16.5. The smallest absolute Gasteiger partial charge is 0.255 e. The summed E-state index contributed by atoms with van der Waals surface area (Å²) in [5.41, 5.74) is 2.08. The summed E-state index contributed by atoms with van der Waals surface area (Å²) in [7, 11) is 3.09. The van der Waals surface area contributed by atoms with E-state index in [0.717, 1.165) is 31.2 Å². The molecule has 2 aromatic carbocycles. The first-order valence-electron chi connectivity index (χ1n) is 10.8. The zero-order valence-electron chi connectivity index (χ0n) is 18.8. The van der Waals surface area contributed by atoms with Crippen molar-refractivity contribution >= 4 is 17.5 Å². The van der Waals surface area contributed by atoms with Crippen LogP contribution in [0.4, 0.5) is 5.69 Å². The summed E-state index contributed by atoms with van der Waals surface area (Å²) in [6, 6.07) is 12.8. The monoisotopic (exact) mass is 424 g/mol. The summed E-state index contributed by atoms with van der Waals surface area (Å²) in [6.45, 7) is 4.80. The number of nitrogens with one attached hydrogen (secondary N) is 2. The maximum Gasteiger partial charge on any atom is 0.255 e. The number of anilines is 1. The predicted octanol–water partition coefficient (Wildman–Crippen LogP) is 4.54. The molecule has 0 radical (unpaired) electrons. The molecular formula is C25H32N2O4. The molecule has 1 aliphatic carbocycles. The lowest BCUT2D eigenvalue weighted by molar-refractivity contribution is -0.125. The van der Waals surface area contributed by atoms with Gasteiger partial charge in [0.1, 0.15) is 0 Å². The van der Waals surface area contributed by atoms with Gasteiger partial charge in [0, 0.05) is 29.1 Å². The van der Waals surface area contributed by atoms with Crippen LogP contribution < -0.4 is 20.1 Å². The van der Waals surface area contributed by atoms with Gasteiger partial charge in [0.15, 0.2) is 11.5 Å². The number of hydrogen-bond acceptors (Lipinski definition) is 4. The van der Waals surface area contributed by atoms with Crippen LogP contribution in [-0.4, -0.2) is 32.6 Å². The summed E-state index contributed by atoms with van der Waals surface area (Å²) < 4.78 is 10.5. The van der Waals surface area contributed by atoms with Gasteiger partial charge in [0.25, 0.3) is 5.91 Å². The van der Waals surface area contributed by atoms with Crippen molar-refractivity contribution in [3.63, 3.8) is 0 Å². The average Bonchev–Trinajstić information content (AvgIpc) is 3.32. The Morgan fingerprint density at radius 2 is 1.61 bits per heavy atom. The lowest BCUT2D eigenvalue weighted by Crippen LogP contribution is -2.39. The van der Waals surface area contributed by atoms with Gasteiger partial charge in [-0.15, -0.1) is 0 Å². The number of carbonyl (C=O) groups excluding carboxylic acids is 2. The van der Waals surface area contributed by atoms with Crippen LogP contribution in [0.15, 0.2) is 42.5 Å². The quantitative estimate of drug-likeness (QED) is 0.652. The molecule has 2 N–H and O–H groups in total. The van der Waals surface area contributed by atoms with Crippen LogP contribution in [0.25, 0.3) is 0 Å². The minimum atomic E-state index is -0.225. The Hall–Kier alpha value is -3.02. The first kappa shape index (κ1) is 22.7. The zero-order chi connectivity index (χ0) is 22.4. The molecule has 0 aromatic heterocycles. The number of benzene rings is 2. The van der Waals surface area contributed by atoms with Gasteiger partial charge in [0.05, 0.1) is 14.2 Å². The second-order valence-corrected chi connectivity index (χ2v) is 8.68. The van der Waals surface area contributed by atoms with E-state index < -0.39 is 0 Å². The molecule has 0 heterocycles. The Kier molecular flexibility index (Phi) is 7.21. The van der Waals surface area contributed by atoms with Crippen LogP contribution in [-0.2, 0) is 10.2 Å². The van der Waals surface area contributed by atoms with E-state index >= 15 is 0 Å². The van der Waals surface area contributed by atoms with Crippen molar-refractivity contribution in [1.82, 2.24) is 5.32 Å². The Morgan fingerprint density at radius 1 is 0.968 bits per heavy atom. The van der Waals surface area contributed by atoms with E-state index in [9.17, 15) is 9.59 Å². The predicted molar refractivity (Wildman–Crippen MR) is 122 cm³/mol. The van der Waals surface area contributed by atoms with Crippen molar-refractivity contribution in [3.05, 3.63) is 53.6 Å². The van der Waals surface area contributed by atoms with Crippen molar-refractivity contribution in [2.24, 2.45) is 5.92 Å². The molecule has 2 aromatic rings. The van der Waals surface area contributed by atoms with E-state index in [1.165, 1.54) is 7.11 Å². The van der Waals surface area contributed by atoms with Gasteiger partial charge in [-0.05, 0) is 48.7 Å². The molecule has 0 atom stereocenters. The van der Waals surface area contributed by atoms with Crippen molar-refractivity contribution in [2.75, 3.05) is 26.1 Å². The van der Waals surface area contributed by atoms with Crippen LogP contribution in [0.3, 0.4) is 0 Å². The normalized spacial score (nSPS) is 14.2. The highest BCUT2D eigenvalue weighted by Gasteiger charge is 2.26. The van der Waals surface area contributed by atoms with Crippen molar-refractivity contribution in [2.45, 2.75) is 44.9 Å². The molecule has 2 amide bonds. The summed E-state index contributed by atoms with van der Waals surface area (Å²) in [5, 5.41) is 6.03. The second-order valence-electron chi connectivity index (χ2n) is 8.68. The molecule has 1 fully saturated rings. The fourth-order valence-electron chi connectivity index (χ4n) is 3.93. The highest BCUT2D eigenvalue weighted by molar-refractivity contribution is 6.04. The second kappa shape index (κ2) is 9.86. The number of rotatable bonds is 8. The Balaban J connectivity index is 1.61. The number of methoxy groups -OCH3 is 2. The Bertz CT molecular complexity index is 916. The molecule has 31 heavy (non-hydrogen) atoms. The van der Waals surface area contributed by atoms with Crippen molar-refractivity contribution < 1.29 is 19.1 Å². The fraction of sp³-hybridized carbons (Fsp3) is 0.440. The average molecular weight is 425 g/mol. The number of hydrogen-bond donors (Lipinski definition) is 2. The minimum absolute atomic E-state index is 0.171. The molecule has 6 nitrogen and oxygen atoms in total. The maximum atomic E-state index is 12.6. The zero-order valence-corrected chi connectivity index (χ0v) is 18.8.